The molecule has 7 heteroatoms. The Bertz CT molecular complexity index is 761. The van der Waals surface area contributed by atoms with Crippen LogP contribution in [0.2, 0.25) is 0 Å². The minimum Gasteiger partial charge on any atom is -0.508 e. The van der Waals surface area contributed by atoms with E-state index in [1.807, 2.05) is 0 Å². The molecule has 0 unspecified atom stereocenters. The van der Waals surface area contributed by atoms with Crippen LogP contribution in [0.3, 0.4) is 0 Å². The van der Waals surface area contributed by atoms with Gasteiger partial charge in [-0.1, -0.05) is 18.2 Å². The van der Waals surface area contributed by atoms with Crippen molar-refractivity contribution in [3.05, 3.63) is 59.9 Å². The van der Waals surface area contributed by atoms with Gasteiger partial charge in [0.05, 0.1) is 11.4 Å². The van der Waals surface area contributed by atoms with Crippen LogP contribution in [-0.2, 0) is 20.6 Å². The maximum Gasteiger partial charge on any atom is 0.331 e. The minimum absolute atomic E-state index is 0.0404. The van der Waals surface area contributed by atoms with Crippen molar-refractivity contribution in [1.82, 2.24) is 0 Å². The maximum absolute atomic E-state index is 13.1. The maximum atomic E-state index is 13.1. The fourth-order valence-corrected chi connectivity index (χ4v) is 3.07. The third kappa shape index (κ3) is 3.57. The number of benzene rings is 2. The van der Waals surface area contributed by atoms with Gasteiger partial charge in [0.2, 0.25) is 10.0 Å². The van der Waals surface area contributed by atoms with Crippen LogP contribution in [0.15, 0.2) is 48.5 Å². The average molecular weight is 308 g/mol. The molecule has 0 bridgehead atoms. The smallest absolute Gasteiger partial charge is 0.331 e. The van der Waals surface area contributed by atoms with Crippen molar-refractivity contribution in [1.29, 1.82) is 0 Å². The second-order valence-electron chi connectivity index (χ2n) is 4.26. The number of amides is 1. The quantitative estimate of drug-likeness (QED) is 0.857. The van der Waals surface area contributed by atoms with Crippen molar-refractivity contribution in [2.45, 2.75) is 5.75 Å². The summed E-state index contributed by atoms with van der Waals surface area (Å²) in [5.74, 6) is -1.31. The predicted octanol–water partition coefficient (Wildman–Crippen LogP) is 1.93. The van der Waals surface area contributed by atoms with Crippen LogP contribution >= 0.6 is 0 Å². The summed E-state index contributed by atoms with van der Waals surface area (Å²) in [6, 6.07) is 10.3. The lowest BCUT2D eigenvalue weighted by Crippen LogP contribution is -2.30. The van der Waals surface area contributed by atoms with Crippen LogP contribution in [0.1, 0.15) is 5.56 Å². The first-order valence-electron chi connectivity index (χ1n) is 5.86. The molecule has 2 aromatic rings. The highest BCUT2D eigenvalue weighted by atomic mass is 32.2. The van der Waals surface area contributed by atoms with E-state index in [0.29, 0.717) is 4.31 Å². The van der Waals surface area contributed by atoms with E-state index >= 15 is 0 Å². The second-order valence-corrected chi connectivity index (χ2v) is 6.08. The highest BCUT2D eigenvalue weighted by molar-refractivity contribution is 7.92. The van der Waals surface area contributed by atoms with Crippen molar-refractivity contribution in [2.75, 3.05) is 4.31 Å². The summed E-state index contributed by atoms with van der Waals surface area (Å²) >= 11 is 0. The van der Waals surface area contributed by atoms with Gasteiger partial charge in [-0.3, -0.25) is 4.79 Å². The monoisotopic (exact) mass is 308 g/mol. The molecule has 2 rings (SSSR count). The summed E-state index contributed by atoms with van der Waals surface area (Å²) in [7, 11) is -4.08. The van der Waals surface area contributed by atoms with Crippen LogP contribution < -0.4 is 4.31 Å². The number of hydrogen-bond acceptors (Lipinski definition) is 4. The Kier molecular flexibility index (Phi) is 4.23. The molecule has 21 heavy (non-hydrogen) atoms. The lowest BCUT2D eigenvalue weighted by atomic mass is 10.2. The van der Waals surface area contributed by atoms with Crippen molar-refractivity contribution in [3.63, 3.8) is 0 Å². The molecule has 1 amide bonds. The van der Waals surface area contributed by atoms with Gasteiger partial charge >= 0.3 is 6.41 Å². The van der Waals surface area contributed by atoms with E-state index in [1.54, 1.807) is 0 Å². The van der Waals surface area contributed by atoms with Crippen LogP contribution in [0.5, 0.6) is 5.75 Å². The fraction of sp³-hybridized carbons (Fsp3) is 0.0714. The molecule has 0 atom stereocenters. The number of phenols is 1. The highest BCUT2D eigenvalue weighted by Gasteiger charge is 2.24. The van der Waals surface area contributed by atoms with Gasteiger partial charge in [0.1, 0.15) is 11.6 Å². The zero-order chi connectivity index (χ0) is 15.5. The van der Waals surface area contributed by atoms with Crippen molar-refractivity contribution < 1.29 is 22.7 Å². The van der Waals surface area contributed by atoms with Gasteiger partial charge in [0, 0.05) is 6.07 Å². The second kappa shape index (κ2) is 5.92. The third-order valence-electron chi connectivity index (χ3n) is 2.66. The Morgan fingerprint density at radius 1 is 1.14 bits per heavy atom. The molecule has 1 N–H and O–H groups in total. The van der Waals surface area contributed by atoms with Crippen molar-refractivity contribution in [3.8, 4) is 5.75 Å². The van der Waals surface area contributed by atoms with Gasteiger partial charge in [0.25, 0.3) is 0 Å². The van der Waals surface area contributed by atoms with Crippen LogP contribution in [-0.4, -0.2) is 19.9 Å². The largest absolute Gasteiger partial charge is 0.508 e. The van der Waals surface area contributed by atoms with E-state index in [9.17, 15) is 22.7 Å². The molecular formula is C14H11FNO4S. The van der Waals surface area contributed by atoms with E-state index in [4.69, 9.17) is 0 Å². The molecule has 5 nitrogen and oxygen atoms in total. The SMILES string of the molecule is O=[C]N(c1cccc(O)c1)S(=O)(=O)Cc1cccc(F)c1. The number of nitrogens with zero attached hydrogens (tertiary/aromatic N) is 1. The number of sulfonamides is 1. The van der Waals surface area contributed by atoms with E-state index in [2.05, 4.69) is 0 Å². The molecule has 2 aromatic carbocycles. The molecule has 1 radical (unpaired) electrons. The molecule has 0 fully saturated rings. The molecule has 0 heterocycles. The first-order valence-corrected chi connectivity index (χ1v) is 7.47. The van der Waals surface area contributed by atoms with E-state index in [1.165, 1.54) is 42.8 Å². The summed E-state index contributed by atoms with van der Waals surface area (Å²) in [5, 5.41) is 9.35. The summed E-state index contributed by atoms with van der Waals surface area (Å²) in [4.78, 5) is 11.0. The zero-order valence-electron chi connectivity index (χ0n) is 10.7. The van der Waals surface area contributed by atoms with Gasteiger partial charge in [-0.2, -0.15) is 4.31 Å². The first kappa shape index (κ1) is 15.0. The predicted molar refractivity (Wildman–Crippen MR) is 75.3 cm³/mol. The Morgan fingerprint density at radius 2 is 1.86 bits per heavy atom. The minimum atomic E-state index is -4.08. The van der Waals surface area contributed by atoms with E-state index in [0.717, 1.165) is 12.1 Å². The summed E-state index contributed by atoms with van der Waals surface area (Å²) in [6.45, 7) is 0. The summed E-state index contributed by atoms with van der Waals surface area (Å²) in [5.41, 5.74) is 0.164. The molecule has 0 aliphatic rings. The highest BCUT2D eigenvalue weighted by Crippen LogP contribution is 2.23. The molecule has 0 aliphatic carbocycles. The third-order valence-corrected chi connectivity index (χ3v) is 4.20. The number of phenolic OH excluding ortho intramolecular Hbond substituents is 1. The number of halogens is 1. The van der Waals surface area contributed by atoms with Crippen LogP contribution in [0.4, 0.5) is 10.1 Å². The lowest BCUT2D eigenvalue weighted by Gasteiger charge is -2.16. The standard InChI is InChI=1S/C14H11FNO4S/c15-12-4-1-3-11(7-12)9-21(19,20)16(10-17)13-5-2-6-14(18)8-13/h1-8,18H,9H2. The number of aromatic hydroxyl groups is 1. The van der Waals surface area contributed by atoms with Crippen LogP contribution in [0, 0.1) is 5.82 Å². The Morgan fingerprint density at radius 3 is 2.48 bits per heavy atom. The van der Waals surface area contributed by atoms with Gasteiger partial charge in [0.15, 0.2) is 0 Å². The first-order chi connectivity index (χ1) is 9.92. The van der Waals surface area contributed by atoms with Gasteiger partial charge in [-0.15, -0.1) is 0 Å². The lowest BCUT2D eigenvalue weighted by molar-refractivity contribution is 0.475. The zero-order valence-corrected chi connectivity index (χ0v) is 11.5. The number of rotatable bonds is 5. The van der Waals surface area contributed by atoms with Gasteiger partial charge < -0.3 is 5.11 Å². The van der Waals surface area contributed by atoms with Gasteiger partial charge in [-0.25, -0.2) is 12.8 Å². The Balaban J connectivity index is 2.34. The van der Waals surface area contributed by atoms with Crippen LogP contribution in [0.25, 0.3) is 0 Å². The molecule has 0 spiro atoms. The Labute approximate surface area is 121 Å². The number of hydrogen-bond donors (Lipinski definition) is 1. The molecule has 0 saturated heterocycles. The normalized spacial score (nSPS) is 11.1. The molecule has 109 valence electrons. The van der Waals surface area contributed by atoms with E-state index in [-0.39, 0.29) is 17.0 Å². The van der Waals surface area contributed by atoms with Crippen molar-refractivity contribution >= 4 is 22.1 Å². The average Bonchev–Trinajstić information content (AvgIpc) is 2.38. The number of anilines is 1. The molecule has 0 aromatic heterocycles. The van der Waals surface area contributed by atoms with Gasteiger partial charge in [-0.05, 0) is 29.8 Å². The molecular weight excluding hydrogens is 297 g/mol. The summed E-state index contributed by atoms with van der Waals surface area (Å²) < 4.78 is 37.9. The van der Waals surface area contributed by atoms with E-state index < -0.39 is 21.6 Å². The van der Waals surface area contributed by atoms with Crippen molar-refractivity contribution in [2.24, 2.45) is 0 Å². The molecule has 0 saturated carbocycles. The molecule has 0 aliphatic heterocycles. The number of carbonyl (C=O) groups excluding carboxylic acids is 1. The summed E-state index contributed by atoms with van der Waals surface area (Å²) in [6.07, 6.45) is 1.31. The Hall–Kier alpha value is -2.41. The topological polar surface area (TPSA) is 74.7 Å². The fourth-order valence-electron chi connectivity index (χ4n) is 1.79.